The highest BCUT2D eigenvalue weighted by molar-refractivity contribution is 8.15. The van der Waals surface area contributed by atoms with E-state index in [0.29, 0.717) is 5.56 Å². The minimum atomic E-state index is -1.30. The molecule has 1 unspecified atom stereocenters. The molecule has 2 amide bonds. The number of rotatable bonds is 5. The summed E-state index contributed by atoms with van der Waals surface area (Å²) in [5.74, 6) is -1.54. The van der Waals surface area contributed by atoms with Crippen molar-refractivity contribution >= 4 is 28.8 Å². The molecule has 12 heteroatoms. The third-order valence-electron chi connectivity index (χ3n) is 4.59. The number of nitrogens with two attached hydrogens (primary N) is 1. The van der Waals surface area contributed by atoms with Crippen LogP contribution in [0.3, 0.4) is 0 Å². The minimum absolute atomic E-state index is 0.0636. The van der Waals surface area contributed by atoms with Gasteiger partial charge in [0, 0.05) is 12.6 Å². The second-order valence-corrected chi connectivity index (χ2v) is 7.77. The molecule has 2 aromatic carbocycles. The van der Waals surface area contributed by atoms with Gasteiger partial charge >= 0.3 is 6.03 Å². The van der Waals surface area contributed by atoms with Gasteiger partial charge in [-0.3, -0.25) is 4.84 Å². The average Bonchev–Trinajstić information content (AvgIpc) is 3.19. The molecule has 3 rings (SSSR count). The first-order valence-corrected chi connectivity index (χ1v) is 10.0. The fourth-order valence-corrected chi connectivity index (χ4v) is 4.28. The molecule has 1 aliphatic heterocycles. The molecule has 1 aliphatic rings. The summed E-state index contributed by atoms with van der Waals surface area (Å²) in [5.41, 5.74) is 6.22. The van der Waals surface area contributed by atoms with Crippen LogP contribution in [0.5, 0.6) is 0 Å². The predicted octanol–water partition coefficient (Wildman–Crippen LogP) is 2.53. The molecule has 1 heterocycles. The van der Waals surface area contributed by atoms with E-state index < -0.39 is 22.5 Å². The Labute approximate surface area is 187 Å². The second-order valence-electron chi connectivity index (χ2n) is 6.51. The van der Waals surface area contributed by atoms with Gasteiger partial charge in [-0.15, -0.1) is 4.99 Å². The van der Waals surface area contributed by atoms with Gasteiger partial charge in [-0.25, -0.2) is 18.6 Å². The van der Waals surface area contributed by atoms with Crippen LogP contribution in [0.15, 0.2) is 58.6 Å². The number of hydrogen-bond donors (Lipinski definition) is 2. The van der Waals surface area contributed by atoms with E-state index in [-0.39, 0.29) is 23.1 Å². The number of hydrazone groups is 1. The molecule has 3 N–H and O–H groups in total. The number of hydroxylamine groups is 2. The zero-order valence-corrected chi connectivity index (χ0v) is 17.9. The third kappa shape index (κ3) is 4.48. The van der Waals surface area contributed by atoms with Crippen molar-refractivity contribution in [3.8, 4) is 6.19 Å². The van der Waals surface area contributed by atoms with E-state index in [1.165, 1.54) is 14.2 Å². The van der Waals surface area contributed by atoms with Crippen LogP contribution in [0.25, 0.3) is 0 Å². The first kappa shape index (κ1) is 23.0. The number of guanidine groups is 1. The number of benzene rings is 2. The van der Waals surface area contributed by atoms with Crippen LogP contribution in [-0.2, 0) is 9.71 Å². The highest BCUT2D eigenvalue weighted by atomic mass is 32.2. The van der Waals surface area contributed by atoms with Crippen LogP contribution in [0.1, 0.15) is 11.1 Å². The summed E-state index contributed by atoms with van der Waals surface area (Å²) in [7, 11) is 2.69. The van der Waals surface area contributed by atoms with Crippen molar-refractivity contribution in [2.45, 2.75) is 4.87 Å². The lowest BCUT2D eigenvalue weighted by Crippen LogP contribution is -2.53. The summed E-state index contributed by atoms with van der Waals surface area (Å²) >= 11 is 1.02. The number of nitrogens with one attached hydrogen (secondary N) is 1. The van der Waals surface area contributed by atoms with E-state index in [0.717, 1.165) is 40.0 Å². The topological polar surface area (TPSA) is 119 Å². The smallest absolute Gasteiger partial charge is 0.365 e. The van der Waals surface area contributed by atoms with Crippen molar-refractivity contribution in [1.29, 1.82) is 5.26 Å². The summed E-state index contributed by atoms with van der Waals surface area (Å²) < 4.78 is 28.4. The quantitative estimate of drug-likeness (QED) is 0.307. The molecule has 9 nitrogen and oxygen atoms in total. The van der Waals surface area contributed by atoms with Gasteiger partial charge in [0.15, 0.2) is 4.87 Å². The van der Waals surface area contributed by atoms with Crippen LogP contribution < -0.4 is 11.1 Å². The third-order valence-corrected chi connectivity index (χ3v) is 5.97. The molecule has 166 valence electrons. The molecule has 0 aromatic heterocycles. The lowest BCUT2D eigenvalue weighted by atomic mass is 10.1. The van der Waals surface area contributed by atoms with Crippen molar-refractivity contribution in [2.75, 3.05) is 20.7 Å². The summed E-state index contributed by atoms with van der Waals surface area (Å²) in [4.78, 5) is 20.3. The predicted molar refractivity (Wildman–Crippen MR) is 116 cm³/mol. The molecule has 0 saturated heterocycles. The molecule has 0 bridgehead atoms. The molecule has 0 saturated carbocycles. The summed E-state index contributed by atoms with van der Waals surface area (Å²) in [6.07, 6.45) is 1.57. The summed E-state index contributed by atoms with van der Waals surface area (Å²) in [6, 6.07) is 11.1. The SMILES string of the molecule is CON(C)C(=O)N1N=C(c2cc(F)ccc2F)SC1(CN/C(N)=N\C#N)c1ccccc1. The Morgan fingerprint density at radius 3 is 2.75 bits per heavy atom. The summed E-state index contributed by atoms with van der Waals surface area (Å²) in [5, 5.41) is 18.0. The summed E-state index contributed by atoms with van der Waals surface area (Å²) in [6.45, 7) is -0.0636. The van der Waals surface area contributed by atoms with E-state index in [2.05, 4.69) is 15.4 Å². The van der Waals surface area contributed by atoms with Crippen molar-refractivity contribution in [3.63, 3.8) is 0 Å². The molecule has 2 aromatic rings. The van der Waals surface area contributed by atoms with E-state index in [4.69, 9.17) is 15.8 Å². The van der Waals surface area contributed by atoms with Crippen molar-refractivity contribution in [3.05, 3.63) is 71.3 Å². The Hall–Kier alpha value is -3.69. The number of nitrogens with zero attached hydrogens (tertiary/aromatic N) is 5. The first-order chi connectivity index (χ1) is 15.3. The number of aliphatic imine (C=N–C) groups is 1. The molecule has 0 spiro atoms. The van der Waals surface area contributed by atoms with Crippen LogP contribution in [-0.4, -0.2) is 47.8 Å². The Kier molecular flexibility index (Phi) is 6.92. The van der Waals surface area contributed by atoms with E-state index in [1.807, 2.05) is 0 Å². The molecule has 0 aliphatic carbocycles. The second kappa shape index (κ2) is 9.63. The highest BCUT2D eigenvalue weighted by Crippen LogP contribution is 2.47. The fourth-order valence-electron chi connectivity index (χ4n) is 2.97. The van der Waals surface area contributed by atoms with Gasteiger partial charge in [-0.2, -0.15) is 15.4 Å². The lowest BCUT2D eigenvalue weighted by Gasteiger charge is -2.37. The van der Waals surface area contributed by atoms with Crippen molar-refractivity contribution in [1.82, 2.24) is 15.4 Å². The van der Waals surface area contributed by atoms with Gasteiger partial charge < -0.3 is 11.1 Å². The average molecular weight is 459 g/mol. The molecule has 1 atom stereocenters. The molecule has 0 radical (unpaired) electrons. The Morgan fingerprint density at radius 1 is 1.38 bits per heavy atom. The molecular formula is C20H19F2N7O2S. The standard InChI is InChI=1S/C20H19F2N7O2S/c1-28(31-2)19(30)29-20(11-25-18(24)26-12-23,13-6-4-3-5-7-13)32-17(27-29)15-10-14(21)8-9-16(15)22/h3-10H,11H2,1-2H3,(H3,24,25,26). The first-order valence-electron chi connectivity index (χ1n) is 9.19. The number of carbonyl (C=O) groups is 1. The number of carbonyl (C=O) groups excluding carboxylic acids is 1. The normalized spacial score (nSPS) is 18.2. The van der Waals surface area contributed by atoms with Crippen molar-refractivity contribution in [2.24, 2.45) is 15.8 Å². The van der Waals surface area contributed by atoms with Gasteiger partial charge in [0.1, 0.15) is 16.7 Å². The highest BCUT2D eigenvalue weighted by Gasteiger charge is 2.50. The fraction of sp³-hybridized carbons (Fsp3) is 0.200. The number of amides is 2. The Bertz CT molecular complexity index is 1110. The zero-order chi connectivity index (χ0) is 23.3. The Morgan fingerprint density at radius 2 is 2.09 bits per heavy atom. The monoisotopic (exact) mass is 459 g/mol. The lowest BCUT2D eigenvalue weighted by molar-refractivity contribution is -0.0800. The van der Waals surface area contributed by atoms with Gasteiger partial charge in [0.2, 0.25) is 12.2 Å². The largest absolute Gasteiger partial charge is 0.369 e. The number of halogens is 2. The van der Waals surface area contributed by atoms with Crippen LogP contribution in [0.4, 0.5) is 13.6 Å². The van der Waals surface area contributed by atoms with Gasteiger partial charge in [-0.05, 0) is 23.8 Å². The minimum Gasteiger partial charge on any atom is -0.369 e. The van der Waals surface area contributed by atoms with Crippen molar-refractivity contribution < 1.29 is 18.4 Å². The number of hydrogen-bond acceptors (Lipinski definition) is 6. The van der Waals surface area contributed by atoms with Gasteiger partial charge in [0.05, 0.1) is 13.7 Å². The molecule has 32 heavy (non-hydrogen) atoms. The van der Waals surface area contributed by atoms with E-state index in [1.54, 1.807) is 36.5 Å². The van der Waals surface area contributed by atoms with Crippen LogP contribution >= 0.6 is 11.8 Å². The van der Waals surface area contributed by atoms with Gasteiger partial charge in [0.25, 0.3) is 0 Å². The number of urea groups is 1. The Balaban J connectivity index is 2.16. The maximum atomic E-state index is 14.6. The molecule has 0 fully saturated rings. The zero-order valence-electron chi connectivity index (χ0n) is 17.1. The maximum absolute atomic E-state index is 14.6. The van der Waals surface area contributed by atoms with E-state index >= 15 is 0 Å². The van der Waals surface area contributed by atoms with Crippen LogP contribution in [0.2, 0.25) is 0 Å². The maximum Gasteiger partial charge on any atom is 0.365 e. The number of nitriles is 1. The van der Waals surface area contributed by atoms with E-state index in [9.17, 15) is 13.6 Å². The van der Waals surface area contributed by atoms with Gasteiger partial charge in [-0.1, -0.05) is 42.1 Å². The molecular weight excluding hydrogens is 440 g/mol. The van der Waals surface area contributed by atoms with Crippen LogP contribution in [0, 0.1) is 23.1 Å². The number of thioether (sulfide) groups is 1.